The summed E-state index contributed by atoms with van der Waals surface area (Å²) in [6, 6.07) is 8.87. The van der Waals surface area contributed by atoms with Gasteiger partial charge in [0.05, 0.1) is 5.56 Å². The van der Waals surface area contributed by atoms with Gasteiger partial charge in [0.25, 0.3) is 11.8 Å². The molecule has 0 radical (unpaired) electrons. The fourth-order valence-electron chi connectivity index (χ4n) is 2.09. The highest BCUT2D eigenvalue weighted by Crippen LogP contribution is 2.20. The summed E-state index contributed by atoms with van der Waals surface area (Å²) in [5, 5.41) is 0. The third-order valence-corrected chi connectivity index (χ3v) is 3.05. The maximum atomic E-state index is 12.1. The lowest BCUT2D eigenvalue weighted by atomic mass is 10.2. The monoisotopic (exact) mass is 253 g/mol. The van der Waals surface area contributed by atoms with Gasteiger partial charge in [-0.3, -0.25) is 24.5 Å². The zero-order valence-electron chi connectivity index (χ0n) is 10.1. The third kappa shape index (κ3) is 1.99. The molecule has 1 aliphatic rings. The quantitative estimate of drug-likeness (QED) is 0.774. The van der Waals surface area contributed by atoms with Gasteiger partial charge in [-0.2, -0.15) is 0 Å². The van der Waals surface area contributed by atoms with E-state index in [1.54, 1.807) is 18.3 Å². The lowest BCUT2D eigenvalue weighted by molar-refractivity contribution is 0.0654. The van der Waals surface area contributed by atoms with E-state index in [1.807, 2.05) is 18.2 Å². The summed E-state index contributed by atoms with van der Waals surface area (Å²) in [5.74, 6) is -0.597. The fourth-order valence-corrected chi connectivity index (χ4v) is 2.09. The van der Waals surface area contributed by atoms with Gasteiger partial charge in [-0.15, -0.1) is 0 Å². The highest BCUT2D eigenvalue weighted by Gasteiger charge is 2.36. The number of hydrogen-bond acceptors (Lipinski definition) is 4. The number of fused-ring (bicyclic) bond motifs is 1. The lowest BCUT2D eigenvalue weighted by Gasteiger charge is -2.12. The Morgan fingerprint density at radius 3 is 2.53 bits per heavy atom. The van der Waals surface area contributed by atoms with Crippen LogP contribution in [-0.4, -0.2) is 33.2 Å². The van der Waals surface area contributed by atoms with Crippen LogP contribution in [0, 0.1) is 0 Å². The minimum Gasteiger partial charge on any atom is -0.273 e. The van der Waals surface area contributed by atoms with Crippen LogP contribution in [0.15, 0.2) is 42.7 Å². The molecule has 5 nitrogen and oxygen atoms in total. The first kappa shape index (κ1) is 11.5. The van der Waals surface area contributed by atoms with Gasteiger partial charge in [-0.05, 0) is 24.3 Å². The van der Waals surface area contributed by atoms with E-state index in [0.29, 0.717) is 18.5 Å². The Bertz CT molecular complexity index is 605. The average molecular weight is 253 g/mol. The van der Waals surface area contributed by atoms with Gasteiger partial charge in [0.15, 0.2) is 0 Å². The standard InChI is InChI=1S/C14H11N3O2/c18-13-11-5-3-8-16-12(11)14(19)17(13)9-6-10-4-1-2-7-15-10/h1-5,7-8H,6,9H2. The zero-order chi connectivity index (χ0) is 13.2. The Balaban J connectivity index is 1.78. The van der Waals surface area contributed by atoms with Crippen LogP contribution in [-0.2, 0) is 6.42 Å². The van der Waals surface area contributed by atoms with Gasteiger partial charge in [0.2, 0.25) is 0 Å². The van der Waals surface area contributed by atoms with E-state index >= 15 is 0 Å². The Morgan fingerprint density at radius 2 is 1.79 bits per heavy atom. The molecular weight excluding hydrogens is 242 g/mol. The molecule has 0 saturated heterocycles. The van der Waals surface area contributed by atoms with Crippen molar-refractivity contribution in [1.29, 1.82) is 0 Å². The first-order chi connectivity index (χ1) is 9.27. The molecule has 3 heterocycles. The Labute approximate surface area is 109 Å². The Morgan fingerprint density at radius 1 is 0.947 bits per heavy atom. The van der Waals surface area contributed by atoms with Gasteiger partial charge in [-0.1, -0.05) is 6.07 Å². The van der Waals surface area contributed by atoms with Crippen LogP contribution in [0.1, 0.15) is 26.5 Å². The lowest BCUT2D eigenvalue weighted by Crippen LogP contribution is -2.32. The van der Waals surface area contributed by atoms with Gasteiger partial charge < -0.3 is 0 Å². The molecule has 5 heteroatoms. The number of imide groups is 1. The highest BCUT2D eigenvalue weighted by atomic mass is 16.2. The molecule has 2 amide bonds. The molecule has 0 N–H and O–H groups in total. The third-order valence-electron chi connectivity index (χ3n) is 3.05. The molecule has 1 aliphatic heterocycles. The molecule has 0 aromatic carbocycles. The molecule has 3 rings (SSSR count). The molecule has 0 fully saturated rings. The van der Waals surface area contributed by atoms with E-state index in [9.17, 15) is 9.59 Å². The van der Waals surface area contributed by atoms with Crippen molar-refractivity contribution in [3.63, 3.8) is 0 Å². The average Bonchev–Trinajstić information content (AvgIpc) is 2.71. The summed E-state index contributed by atoms with van der Waals surface area (Å²) < 4.78 is 0. The van der Waals surface area contributed by atoms with Crippen molar-refractivity contribution in [3.8, 4) is 0 Å². The minimum atomic E-state index is -0.323. The molecule has 2 aromatic rings. The first-order valence-corrected chi connectivity index (χ1v) is 5.98. The number of rotatable bonds is 3. The van der Waals surface area contributed by atoms with Crippen molar-refractivity contribution in [2.45, 2.75) is 6.42 Å². The predicted molar refractivity (Wildman–Crippen MR) is 67.5 cm³/mol. The number of carbonyl (C=O) groups is 2. The number of carbonyl (C=O) groups excluding carboxylic acids is 2. The van der Waals surface area contributed by atoms with Crippen molar-refractivity contribution in [1.82, 2.24) is 14.9 Å². The summed E-state index contributed by atoms with van der Waals surface area (Å²) in [6.07, 6.45) is 3.76. The van der Waals surface area contributed by atoms with Crippen LogP contribution in [0.3, 0.4) is 0 Å². The van der Waals surface area contributed by atoms with Crippen molar-refractivity contribution in [2.24, 2.45) is 0 Å². The summed E-state index contributed by atoms with van der Waals surface area (Å²) in [5.41, 5.74) is 1.48. The minimum absolute atomic E-state index is 0.244. The number of nitrogens with zero attached hydrogens (tertiary/aromatic N) is 3. The van der Waals surface area contributed by atoms with Gasteiger partial charge in [-0.25, -0.2) is 0 Å². The van der Waals surface area contributed by atoms with Crippen LogP contribution < -0.4 is 0 Å². The summed E-state index contributed by atoms with van der Waals surface area (Å²) in [6.45, 7) is 0.324. The number of hydrogen-bond donors (Lipinski definition) is 0. The first-order valence-electron chi connectivity index (χ1n) is 5.98. The molecule has 0 spiro atoms. The van der Waals surface area contributed by atoms with Crippen molar-refractivity contribution in [3.05, 3.63) is 59.7 Å². The summed E-state index contributed by atoms with van der Waals surface area (Å²) in [4.78, 5) is 33.5. The molecule has 0 atom stereocenters. The van der Waals surface area contributed by atoms with E-state index in [-0.39, 0.29) is 17.5 Å². The summed E-state index contributed by atoms with van der Waals surface area (Å²) in [7, 11) is 0. The van der Waals surface area contributed by atoms with Crippen LogP contribution in [0.25, 0.3) is 0 Å². The van der Waals surface area contributed by atoms with Gasteiger partial charge >= 0.3 is 0 Å². The van der Waals surface area contributed by atoms with Crippen LogP contribution in [0.4, 0.5) is 0 Å². The van der Waals surface area contributed by atoms with Crippen LogP contribution >= 0.6 is 0 Å². The fraction of sp³-hybridized carbons (Fsp3) is 0.143. The number of amides is 2. The highest BCUT2D eigenvalue weighted by molar-refractivity contribution is 6.20. The van der Waals surface area contributed by atoms with Gasteiger partial charge in [0, 0.05) is 31.1 Å². The topological polar surface area (TPSA) is 63.2 Å². The maximum Gasteiger partial charge on any atom is 0.280 e. The molecule has 94 valence electrons. The van der Waals surface area contributed by atoms with Gasteiger partial charge in [0.1, 0.15) is 5.69 Å². The van der Waals surface area contributed by atoms with Crippen LogP contribution in [0.2, 0.25) is 0 Å². The zero-order valence-corrected chi connectivity index (χ0v) is 10.1. The number of pyridine rings is 2. The number of aromatic nitrogens is 2. The molecule has 0 aliphatic carbocycles. The van der Waals surface area contributed by atoms with E-state index in [0.717, 1.165) is 5.69 Å². The molecule has 2 aromatic heterocycles. The van der Waals surface area contributed by atoms with Crippen molar-refractivity contribution >= 4 is 11.8 Å². The van der Waals surface area contributed by atoms with E-state index in [1.165, 1.54) is 11.1 Å². The van der Waals surface area contributed by atoms with E-state index in [2.05, 4.69) is 9.97 Å². The SMILES string of the molecule is O=C1c2cccnc2C(=O)N1CCc1ccccn1. The predicted octanol–water partition coefficient (Wildman–Crippen LogP) is 1.32. The molecule has 0 saturated carbocycles. The van der Waals surface area contributed by atoms with E-state index in [4.69, 9.17) is 0 Å². The summed E-state index contributed by atoms with van der Waals surface area (Å²) >= 11 is 0. The second kappa shape index (κ2) is 4.61. The van der Waals surface area contributed by atoms with E-state index < -0.39 is 0 Å². The van der Waals surface area contributed by atoms with Crippen molar-refractivity contribution in [2.75, 3.05) is 6.54 Å². The second-order valence-corrected chi connectivity index (χ2v) is 4.23. The normalized spacial score (nSPS) is 13.8. The Hall–Kier alpha value is -2.56. The largest absolute Gasteiger partial charge is 0.280 e. The smallest absolute Gasteiger partial charge is 0.273 e. The second-order valence-electron chi connectivity index (χ2n) is 4.23. The van der Waals surface area contributed by atoms with Crippen LogP contribution in [0.5, 0.6) is 0 Å². The van der Waals surface area contributed by atoms with Crippen molar-refractivity contribution < 1.29 is 9.59 Å². The molecule has 0 bridgehead atoms. The Kier molecular flexibility index (Phi) is 2.79. The molecular formula is C14H11N3O2. The molecule has 0 unspecified atom stereocenters. The maximum absolute atomic E-state index is 12.1. The molecule has 19 heavy (non-hydrogen) atoms.